The quantitative estimate of drug-likeness (QED) is 0.847. The first kappa shape index (κ1) is 18.4. The Morgan fingerprint density at radius 1 is 1.22 bits per heavy atom. The third-order valence-electron chi connectivity index (χ3n) is 3.14. The molecule has 0 aromatic heterocycles. The Morgan fingerprint density at radius 3 is 2.48 bits per heavy atom. The van der Waals surface area contributed by atoms with Gasteiger partial charge in [-0.25, -0.2) is 0 Å². The first-order valence-corrected chi connectivity index (χ1v) is 7.01. The van der Waals surface area contributed by atoms with Crippen molar-refractivity contribution in [1.82, 2.24) is 4.90 Å². The van der Waals surface area contributed by atoms with Crippen LogP contribution in [0.15, 0.2) is 42.5 Å². The van der Waals surface area contributed by atoms with E-state index in [1.54, 1.807) is 6.07 Å². The van der Waals surface area contributed by atoms with Gasteiger partial charge in [-0.3, -0.25) is 4.79 Å². The Labute approximate surface area is 136 Å². The van der Waals surface area contributed by atoms with E-state index < -0.39 is 0 Å². The second-order valence-corrected chi connectivity index (χ2v) is 5.19. The molecule has 0 heterocycles. The van der Waals surface area contributed by atoms with Crippen LogP contribution in [0.2, 0.25) is 0 Å². The van der Waals surface area contributed by atoms with Crippen LogP contribution in [-0.4, -0.2) is 35.7 Å². The Hall–Kier alpha value is -2.68. The minimum Gasteiger partial charge on any atom is -0.483 e. The summed E-state index contributed by atoms with van der Waals surface area (Å²) in [5.74, 6) is 0. The second kappa shape index (κ2) is 9.36. The van der Waals surface area contributed by atoms with Crippen LogP contribution in [-0.2, 0) is 17.9 Å². The maximum Gasteiger partial charge on any atom is 0.290 e. The predicted molar refractivity (Wildman–Crippen MR) is 88.6 cm³/mol. The molecule has 0 amide bonds. The average molecular weight is 312 g/mol. The highest BCUT2D eigenvalue weighted by molar-refractivity contribution is 5.69. The summed E-state index contributed by atoms with van der Waals surface area (Å²) in [7, 11) is 4.03. The molecule has 0 fully saturated rings. The number of aliphatic hydroxyl groups excluding tert-OH is 1. The highest BCUT2D eigenvalue weighted by Crippen LogP contribution is 2.26. The van der Waals surface area contributed by atoms with Gasteiger partial charge in [-0.2, -0.15) is 5.26 Å². The lowest BCUT2D eigenvalue weighted by Crippen LogP contribution is -2.11. The standard InChI is InChI=1S/C17H18N2O.CH2O2/c1-19(2)11-14-6-7-17(16(9-14)12-20)15-5-3-4-13(8-15)10-18;2-1-3/h3-9,20H,11-12H2,1-2H3;1H,(H,2,3). The molecule has 0 atom stereocenters. The van der Waals surface area contributed by atoms with Crippen LogP contribution in [0.5, 0.6) is 0 Å². The molecule has 2 aromatic carbocycles. The summed E-state index contributed by atoms with van der Waals surface area (Å²) in [5.41, 5.74) is 4.62. The number of nitriles is 1. The Bertz CT molecular complexity index is 691. The summed E-state index contributed by atoms with van der Waals surface area (Å²) in [6.07, 6.45) is 0. The number of rotatable bonds is 4. The van der Waals surface area contributed by atoms with E-state index in [1.165, 1.54) is 5.56 Å². The molecule has 23 heavy (non-hydrogen) atoms. The molecular weight excluding hydrogens is 292 g/mol. The fourth-order valence-corrected chi connectivity index (χ4v) is 2.28. The number of carboxylic acid groups (broad SMARTS) is 1. The highest BCUT2D eigenvalue weighted by Gasteiger charge is 2.07. The van der Waals surface area contributed by atoms with Crippen LogP contribution in [0.25, 0.3) is 11.1 Å². The maximum atomic E-state index is 9.59. The Balaban J connectivity index is 0.000000816. The number of benzene rings is 2. The van der Waals surface area contributed by atoms with Gasteiger partial charge in [0.2, 0.25) is 0 Å². The van der Waals surface area contributed by atoms with Gasteiger partial charge >= 0.3 is 0 Å². The van der Waals surface area contributed by atoms with Crippen molar-refractivity contribution in [3.63, 3.8) is 0 Å². The average Bonchev–Trinajstić information content (AvgIpc) is 2.55. The molecule has 0 radical (unpaired) electrons. The van der Waals surface area contributed by atoms with Gasteiger partial charge in [0.25, 0.3) is 6.47 Å². The van der Waals surface area contributed by atoms with E-state index >= 15 is 0 Å². The first-order chi connectivity index (χ1) is 11.0. The minimum absolute atomic E-state index is 0.00656. The van der Waals surface area contributed by atoms with Gasteiger partial charge in [-0.1, -0.05) is 30.3 Å². The zero-order valence-electron chi connectivity index (χ0n) is 13.2. The summed E-state index contributed by atoms with van der Waals surface area (Å²) >= 11 is 0. The molecule has 0 aliphatic carbocycles. The third-order valence-corrected chi connectivity index (χ3v) is 3.14. The van der Waals surface area contributed by atoms with E-state index in [0.717, 1.165) is 23.2 Å². The molecular formula is C18H20N2O3. The molecule has 0 saturated heterocycles. The van der Waals surface area contributed by atoms with Gasteiger partial charge in [0, 0.05) is 6.54 Å². The maximum absolute atomic E-state index is 9.59. The molecule has 2 aromatic rings. The lowest BCUT2D eigenvalue weighted by molar-refractivity contribution is -0.122. The van der Waals surface area contributed by atoms with Crippen LogP contribution in [0, 0.1) is 11.3 Å². The lowest BCUT2D eigenvalue weighted by atomic mass is 9.96. The van der Waals surface area contributed by atoms with Crippen molar-refractivity contribution in [2.75, 3.05) is 14.1 Å². The van der Waals surface area contributed by atoms with Crippen LogP contribution < -0.4 is 0 Å². The van der Waals surface area contributed by atoms with Crippen molar-refractivity contribution in [3.8, 4) is 17.2 Å². The Kier molecular flexibility index (Phi) is 7.48. The molecule has 5 heteroatoms. The molecule has 2 N–H and O–H groups in total. The Morgan fingerprint density at radius 2 is 1.91 bits per heavy atom. The summed E-state index contributed by atoms with van der Waals surface area (Å²) in [6, 6.07) is 15.7. The molecule has 0 unspecified atom stereocenters. The van der Waals surface area contributed by atoms with Gasteiger partial charge in [0.1, 0.15) is 0 Å². The van der Waals surface area contributed by atoms with Gasteiger partial charge in [0.15, 0.2) is 0 Å². The molecule has 2 rings (SSSR count). The van der Waals surface area contributed by atoms with Gasteiger partial charge in [0.05, 0.1) is 18.2 Å². The van der Waals surface area contributed by atoms with E-state index in [-0.39, 0.29) is 13.1 Å². The molecule has 0 bridgehead atoms. The van der Waals surface area contributed by atoms with Crippen LogP contribution in [0.3, 0.4) is 0 Å². The van der Waals surface area contributed by atoms with Gasteiger partial charge in [-0.05, 0) is 48.5 Å². The van der Waals surface area contributed by atoms with E-state index in [9.17, 15) is 5.11 Å². The van der Waals surface area contributed by atoms with Crippen LogP contribution in [0.1, 0.15) is 16.7 Å². The summed E-state index contributed by atoms with van der Waals surface area (Å²) < 4.78 is 0. The van der Waals surface area contributed by atoms with E-state index in [1.807, 2.05) is 44.4 Å². The molecule has 0 spiro atoms. The smallest absolute Gasteiger partial charge is 0.290 e. The van der Waals surface area contributed by atoms with E-state index in [0.29, 0.717) is 5.56 Å². The van der Waals surface area contributed by atoms with E-state index in [2.05, 4.69) is 17.0 Å². The summed E-state index contributed by atoms with van der Waals surface area (Å²) in [4.78, 5) is 10.5. The van der Waals surface area contributed by atoms with Gasteiger partial charge in [-0.15, -0.1) is 0 Å². The largest absolute Gasteiger partial charge is 0.483 e. The van der Waals surface area contributed by atoms with Crippen molar-refractivity contribution < 1.29 is 15.0 Å². The SMILES string of the molecule is CN(C)Cc1ccc(-c2cccc(C#N)c2)c(CO)c1.O=CO. The lowest BCUT2D eigenvalue weighted by Gasteiger charge is -2.13. The minimum atomic E-state index is -0.250. The third kappa shape index (κ3) is 5.55. The monoisotopic (exact) mass is 312 g/mol. The molecule has 120 valence electrons. The molecule has 0 aliphatic rings. The first-order valence-electron chi connectivity index (χ1n) is 7.01. The number of hydrogen-bond donors (Lipinski definition) is 2. The summed E-state index contributed by atoms with van der Waals surface area (Å²) in [5, 5.41) is 25.4. The van der Waals surface area contributed by atoms with Gasteiger partial charge < -0.3 is 15.1 Å². The zero-order valence-corrected chi connectivity index (χ0v) is 13.2. The fourth-order valence-electron chi connectivity index (χ4n) is 2.28. The van der Waals surface area contributed by atoms with E-state index in [4.69, 9.17) is 15.2 Å². The number of carbonyl (C=O) groups is 1. The topological polar surface area (TPSA) is 84.6 Å². The number of nitrogens with zero attached hydrogens (tertiary/aromatic N) is 2. The van der Waals surface area contributed by atoms with Crippen LogP contribution >= 0.6 is 0 Å². The van der Waals surface area contributed by atoms with Crippen molar-refractivity contribution in [2.24, 2.45) is 0 Å². The number of aliphatic hydroxyl groups is 1. The predicted octanol–water partition coefficient (Wildman–Crippen LogP) is 2.48. The highest BCUT2D eigenvalue weighted by atomic mass is 16.3. The van der Waals surface area contributed by atoms with Crippen molar-refractivity contribution in [3.05, 3.63) is 59.2 Å². The molecule has 0 aliphatic heterocycles. The summed E-state index contributed by atoms with van der Waals surface area (Å²) in [6.45, 7) is 0.582. The molecule has 0 saturated carbocycles. The second-order valence-electron chi connectivity index (χ2n) is 5.19. The van der Waals surface area contributed by atoms with Crippen LogP contribution in [0.4, 0.5) is 0 Å². The number of hydrogen-bond acceptors (Lipinski definition) is 4. The normalized spacial score (nSPS) is 9.70. The molecule has 5 nitrogen and oxygen atoms in total. The van der Waals surface area contributed by atoms with Crippen molar-refractivity contribution in [2.45, 2.75) is 13.2 Å². The zero-order chi connectivity index (χ0) is 17.2. The van der Waals surface area contributed by atoms with Crippen molar-refractivity contribution in [1.29, 1.82) is 5.26 Å². The fraction of sp³-hybridized carbons (Fsp3) is 0.222. The van der Waals surface area contributed by atoms with Crippen molar-refractivity contribution >= 4 is 6.47 Å².